The van der Waals surface area contributed by atoms with Crippen molar-refractivity contribution < 1.29 is 4.39 Å². The molecule has 28 heavy (non-hydrogen) atoms. The number of nitrogens with zero attached hydrogens (tertiary/aromatic N) is 1. The maximum atomic E-state index is 13.4. The van der Waals surface area contributed by atoms with E-state index in [1.807, 2.05) is 12.1 Å². The fourth-order valence-corrected chi connectivity index (χ4v) is 3.78. The van der Waals surface area contributed by atoms with Crippen LogP contribution in [0.3, 0.4) is 0 Å². The average molecular weight is 393 g/mol. The van der Waals surface area contributed by atoms with Crippen molar-refractivity contribution in [3.8, 4) is 0 Å². The van der Waals surface area contributed by atoms with Gasteiger partial charge in [0.05, 0.1) is 0 Å². The van der Waals surface area contributed by atoms with Crippen molar-refractivity contribution in [1.82, 2.24) is 9.88 Å². The van der Waals surface area contributed by atoms with Crippen LogP contribution in [0, 0.1) is 5.82 Å². The highest BCUT2D eigenvalue weighted by atomic mass is 35.5. The minimum Gasteiger partial charge on any atom is -0.343 e. The van der Waals surface area contributed by atoms with Crippen LogP contribution in [-0.4, -0.2) is 4.57 Å². The molecule has 3 aromatic carbocycles. The van der Waals surface area contributed by atoms with E-state index in [1.165, 1.54) is 28.6 Å². The van der Waals surface area contributed by atoms with E-state index in [9.17, 15) is 4.39 Å². The molecule has 0 amide bonds. The first-order chi connectivity index (χ1) is 13.6. The molecule has 4 aromatic rings. The number of nitrogens with one attached hydrogen (secondary N) is 1. The topological polar surface area (TPSA) is 17.0 Å². The van der Waals surface area contributed by atoms with Crippen LogP contribution in [0.5, 0.6) is 0 Å². The number of fused-ring (bicyclic) bond motifs is 1. The number of para-hydroxylation sites is 1. The van der Waals surface area contributed by atoms with Crippen LogP contribution in [0.4, 0.5) is 4.39 Å². The Bertz CT molecular complexity index is 1090. The van der Waals surface area contributed by atoms with Gasteiger partial charge in [-0.2, -0.15) is 0 Å². The van der Waals surface area contributed by atoms with Crippen molar-refractivity contribution in [2.45, 2.75) is 26.1 Å². The van der Waals surface area contributed by atoms with E-state index >= 15 is 0 Å². The van der Waals surface area contributed by atoms with Crippen molar-refractivity contribution >= 4 is 22.5 Å². The molecule has 2 nitrogen and oxygen atoms in total. The minimum atomic E-state index is -0.314. The van der Waals surface area contributed by atoms with E-state index in [2.05, 4.69) is 65.5 Å². The third-order valence-corrected chi connectivity index (χ3v) is 5.48. The molecule has 0 saturated heterocycles. The number of rotatable bonds is 6. The lowest BCUT2D eigenvalue weighted by Crippen LogP contribution is -2.17. The molecule has 0 unspecified atom stereocenters. The predicted molar refractivity (Wildman–Crippen MR) is 114 cm³/mol. The zero-order valence-electron chi connectivity index (χ0n) is 15.7. The maximum absolute atomic E-state index is 13.4. The number of benzene rings is 3. The van der Waals surface area contributed by atoms with Gasteiger partial charge in [0.1, 0.15) is 5.82 Å². The summed E-state index contributed by atoms with van der Waals surface area (Å²) >= 11 is 6.24. The molecule has 1 aromatic heterocycles. The first-order valence-corrected chi connectivity index (χ1v) is 9.78. The smallest absolute Gasteiger partial charge is 0.124 e. The standard InChI is InChI=1S/C24H22ClFN2/c1-17(18-7-3-2-4-8-18)27-14-20-16-28(24-10-6-5-9-22(20)24)15-19-11-12-21(26)13-23(19)25/h2-13,16-17,27H,14-15H2,1H3/t17-/m1/s1. The van der Waals surface area contributed by atoms with Gasteiger partial charge in [-0.05, 0) is 41.8 Å². The third kappa shape index (κ3) is 3.96. The quantitative estimate of drug-likeness (QED) is 0.405. The average Bonchev–Trinajstić information content (AvgIpc) is 3.07. The SMILES string of the molecule is C[C@@H](NCc1cn(Cc2ccc(F)cc2Cl)c2ccccc12)c1ccccc1. The van der Waals surface area contributed by atoms with Gasteiger partial charge in [0.25, 0.3) is 0 Å². The van der Waals surface area contributed by atoms with Crippen LogP contribution in [0.2, 0.25) is 5.02 Å². The highest BCUT2D eigenvalue weighted by molar-refractivity contribution is 6.31. The molecular weight excluding hydrogens is 371 g/mol. The van der Waals surface area contributed by atoms with E-state index in [0.717, 1.165) is 17.6 Å². The van der Waals surface area contributed by atoms with E-state index in [1.54, 1.807) is 6.07 Å². The Morgan fingerprint density at radius 2 is 1.71 bits per heavy atom. The summed E-state index contributed by atoms with van der Waals surface area (Å²) in [5, 5.41) is 5.28. The molecule has 142 valence electrons. The number of aromatic nitrogens is 1. The monoisotopic (exact) mass is 392 g/mol. The van der Waals surface area contributed by atoms with Crippen LogP contribution in [0.1, 0.15) is 29.7 Å². The Kier molecular flexibility index (Phi) is 5.47. The molecule has 0 saturated carbocycles. The van der Waals surface area contributed by atoms with Crippen LogP contribution in [-0.2, 0) is 13.1 Å². The lowest BCUT2D eigenvalue weighted by molar-refractivity contribution is 0.575. The van der Waals surface area contributed by atoms with Crippen molar-refractivity contribution in [3.63, 3.8) is 0 Å². The molecule has 0 aliphatic carbocycles. The van der Waals surface area contributed by atoms with Crippen molar-refractivity contribution in [2.24, 2.45) is 0 Å². The molecule has 0 bridgehead atoms. The third-order valence-electron chi connectivity index (χ3n) is 5.13. The highest BCUT2D eigenvalue weighted by Crippen LogP contribution is 2.25. The summed E-state index contributed by atoms with van der Waals surface area (Å²) in [6.07, 6.45) is 2.16. The van der Waals surface area contributed by atoms with E-state index < -0.39 is 0 Å². The largest absolute Gasteiger partial charge is 0.343 e. The van der Waals surface area contributed by atoms with Gasteiger partial charge in [-0.25, -0.2) is 4.39 Å². The van der Waals surface area contributed by atoms with Crippen molar-refractivity contribution in [1.29, 1.82) is 0 Å². The molecule has 1 N–H and O–H groups in total. The first-order valence-electron chi connectivity index (χ1n) is 9.41. The second-order valence-electron chi connectivity index (χ2n) is 7.05. The van der Waals surface area contributed by atoms with E-state index in [0.29, 0.717) is 11.6 Å². The van der Waals surface area contributed by atoms with Gasteiger partial charge in [0.15, 0.2) is 0 Å². The number of halogens is 2. The second kappa shape index (κ2) is 8.17. The molecule has 0 fully saturated rings. The molecule has 0 aliphatic heterocycles. The van der Waals surface area contributed by atoms with Gasteiger partial charge in [0, 0.05) is 41.3 Å². The van der Waals surface area contributed by atoms with Crippen LogP contribution < -0.4 is 5.32 Å². The van der Waals surface area contributed by atoms with Gasteiger partial charge >= 0.3 is 0 Å². The van der Waals surface area contributed by atoms with Gasteiger partial charge in [-0.3, -0.25) is 0 Å². The maximum Gasteiger partial charge on any atom is 0.124 e. The van der Waals surface area contributed by atoms with Gasteiger partial charge in [-0.1, -0.05) is 66.2 Å². The number of hydrogen-bond acceptors (Lipinski definition) is 1. The Hall–Kier alpha value is -2.62. The molecule has 4 heteroatoms. The molecule has 1 atom stereocenters. The molecule has 0 radical (unpaired) electrons. The second-order valence-corrected chi connectivity index (χ2v) is 7.46. The zero-order chi connectivity index (χ0) is 19.5. The Balaban J connectivity index is 1.59. The lowest BCUT2D eigenvalue weighted by atomic mass is 10.1. The van der Waals surface area contributed by atoms with Crippen LogP contribution in [0.25, 0.3) is 10.9 Å². The molecule has 0 aliphatic rings. The van der Waals surface area contributed by atoms with E-state index in [4.69, 9.17) is 11.6 Å². The summed E-state index contributed by atoms with van der Waals surface area (Å²) in [5.41, 5.74) is 4.55. The summed E-state index contributed by atoms with van der Waals surface area (Å²) in [4.78, 5) is 0. The van der Waals surface area contributed by atoms with E-state index in [-0.39, 0.29) is 11.9 Å². The molecule has 0 spiro atoms. The van der Waals surface area contributed by atoms with Crippen LogP contribution in [0.15, 0.2) is 79.0 Å². The normalized spacial score (nSPS) is 12.4. The minimum absolute atomic E-state index is 0.259. The Morgan fingerprint density at radius 3 is 2.50 bits per heavy atom. The highest BCUT2D eigenvalue weighted by Gasteiger charge is 2.12. The predicted octanol–water partition coefficient (Wildman–Crippen LogP) is 6.33. The van der Waals surface area contributed by atoms with Crippen molar-refractivity contribution in [2.75, 3.05) is 0 Å². The summed E-state index contributed by atoms with van der Waals surface area (Å²) in [6, 6.07) is 23.6. The fraction of sp³-hybridized carbons (Fsp3) is 0.167. The zero-order valence-corrected chi connectivity index (χ0v) is 16.5. The molecule has 1 heterocycles. The van der Waals surface area contributed by atoms with Crippen molar-refractivity contribution in [3.05, 3.63) is 107 Å². The summed E-state index contributed by atoms with van der Waals surface area (Å²) < 4.78 is 15.5. The lowest BCUT2D eigenvalue weighted by Gasteiger charge is -2.13. The Labute approximate surface area is 169 Å². The summed E-state index contributed by atoms with van der Waals surface area (Å²) in [7, 11) is 0. The molecular formula is C24H22ClFN2. The molecule has 4 rings (SSSR count). The van der Waals surface area contributed by atoms with Gasteiger partial charge in [0.2, 0.25) is 0 Å². The number of hydrogen-bond donors (Lipinski definition) is 1. The summed E-state index contributed by atoms with van der Waals surface area (Å²) in [6.45, 7) is 3.54. The van der Waals surface area contributed by atoms with Crippen LogP contribution >= 0.6 is 11.6 Å². The van der Waals surface area contributed by atoms with Gasteiger partial charge < -0.3 is 9.88 Å². The first kappa shape index (κ1) is 18.7. The Morgan fingerprint density at radius 1 is 0.964 bits per heavy atom. The fourth-order valence-electron chi connectivity index (χ4n) is 3.55. The van der Waals surface area contributed by atoms with Gasteiger partial charge in [-0.15, -0.1) is 0 Å². The summed E-state index contributed by atoms with van der Waals surface area (Å²) in [5.74, 6) is -0.314.